The van der Waals surface area contributed by atoms with E-state index in [1.165, 1.54) is 0 Å². The molecule has 0 aliphatic carbocycles. The summed E-state index contributed by atoms with van der Waals surface area (Å²) in [5.41, 5.74) is 0.568. The lowest BCUT2D eigenvalue weighted by Gasteiger charge is -2.33. The third kappa shape index (κ3) is 3.97. The molecule has 1 aliphatic rings. The molecule has 5 heteroatoms. The van der Waals surface area contributed by atoms with Crippen molar-refractivity contribution in [3.8, 4) is 5.75 Å². The standard InChI is InChI=1S/C16H21NO4/c1-21-14-7-3-2-6-13(14)16(20)17-10-4-5-12(11-17)8-9-15(18)19/h2-3,6-7,12H,4-5,8-11H2,1H3,(H,18,19)/t12-/m0/s1. The number of carbonyl (C=O) groups is 2. The molecule has 1 atom stereocenters. The first-order valence-corrected chi connectivity index (χ1v) is 7.26. The first-order valence-electron chi connectivity index (χ1n) is 7.26. The number of amides is 1. The number of likely N-dealkylation sites (tertiary alicyclic amines) is 1. The molecule has 1 fully saturated rings. The van der Waals surface area contributed by atoms with E-state index < -0.39 is 5.97 Å². The molecule has 1 heterocycles. The molecule has 0 spiro atoms. The summed E-state index contributed by atoms with van der Waals surface area (Å²) in [6.45, 7) is 1.35. The van der Waals surface area contributed by atoms with Crippen molar-refractivity contribution in [3.05, 3.63) is 29.8 Å². The smallest absolute Gasteiger partial charge is 0.303 e. The van der Waals surface area contributed by atoms with Crippen molar-refractivity contribution in [1.29, 1.82) is 0 Å². The van der Waals surface area contributed by atoms with Crippen LogP contribution in [0.25, 0.3) is 0 Å². The molecule has 2 rings (SSSR count). The van der Waals surface area contributed by atoms with E-state index in [-0.39, 0.29) is 18.2 Å². The lowest BCUT2D eigenvalue weighted by atomic mass is 9.93. The third-order valence-corrected chi connectivity index (χ3v) is 3.91. The van der Waals surface area contributed by atoms with E-state index in [2.05, 4.69) is 0 Å². The minimum Gasteiger partial charge on any atom is -0.496 e. The van der Waals surface area contributed by atoms with Gasteiger partial charge in [0, 0.05) is 19.5 Å². The predicted molar refractivity (Wildman–Crippen MR) is 78.5 cm³/mol. The summed E-state index contributed by atoms with van der Waals surface area (Å²) in [6, 6.07) is 7.20. The molecule has 1 N–H and O–H groups in total. The fourth-order valence-corrected chi connectivity index (χ4v) is 2.80. The maximum atomic E-state index is 12.6. The summed E-state index contributed by atoms with van der Waals surface area (Å²) in [5, 5.41) is 8.77. The van der Waals surface area contributed by atoms with Crippen LogP contribution in [0.3, 0.4) is 0 Å². The Balaban J connectivity index is 2.03. The number of benzene rings is 1. The number of carbonyl (C=O) groups excluding carboxylic acids is 1. The van der Waals surface area contributed by atoms with Crippen molar-refractivity contribution in [2.24, 2.45) is 5.92 Å². The Hall–Kier alpha value is -2.04. The highest BCUT2D eigenvalue weighted by Crippen LogP contribution is 2.25. The Labute approximate surface area is 124 Å². The largest absolute Gasteiger partial charge is 0.496 e. The number of ether oxygens (including phenoxy) is 1. The highest BCUT2D eigenvalue weighted by molar-refractivity contribution is 5.97. The second-order valence-electron chi connectivity index (χ2n) is 5.39. The summed E-state index contributed by atoms with van der Waals surface area (Å²) in [4.78, 5) is 25.1. The number of aliphatic carboxylic acids is 1. The van der Waals surface area contributed by atoms with E-state index in [1.54, 1.807) is 19.2 Å². The first kappa shape index (κ1) is 15.4. The van der Waals surface area contributed by atoms with Crippen LogP contribution in [0.2, 0.25) is 0 Å². The van der Waals surface area contributed by atoms with Gasteiger partial charge in [-0.25, -0.2) is 0 Å². The highest BCUT2D eigenvalue weighted by atomic mass is 16.5. The topological polar surface area (TPSA) is 66.8 Å². The van der Waals surface area contributed by atoms with E-state index in [0.29, 0.717) is 24.3 Å². The molecule has 0 bridgehead atoms. The van der Waals surface area contributed by atoms with Crippen LogP contribution in [-0.2, 0) is 4.79 Å². The van der Waals surface area contributed by atoms with Crippen LogP contribution < -0.4 is 4.74 Å². The van der Waals surface area contributed by atoms with Crippen LogP contribution in [0.15, 0.2) is 24.3 Å². The number of rotatable bonds is 5. The maximum Gasteiger partial charge on any atom is 0.303 e. The average molecular weight is 291 g/mol. The average Bonchev–Trinajstić information content (AvgIpc) is 2.52. The lowest BCUT2D eigenvalue weighted by Crippen LogP contribution is -2.40. The molecule has 0 radical (unpaired) electrons. The molecule has 1 aromatic carbocycles. The van der Waals surface area contributed by atoms with Gasteiger partial charge in [-0.3, -0.25) is 9.59 Å². The normalized spacial score (nSPS) is 18.3. The molecule has 0 aromatic heterocycles. The lowest BCUT2D eigenvalue weighted by molar-refractivity contribution is -0.137. The van der Waals surface area contributed by atoms with Crippen molar-refractivity contribution in [3.63, 3.8) is 0 Å². The van der Waals surface area contributed by atoms with Crippen LogP contribution in [0.4, 0.5) is 0 Å². The van der Waals surface area contributed by atoms with Gasteiger partial charge in [0.25, 0.3) is 5.91 Å². The second-order valence-corrected chi connectivity index (χ2v) is 5.39. The predicted octanol–water partition coefficient (Wildman–Crippen LogP) is 2.41. The zero-order valence-electron chi connectivity index (χ0n) is 12.2. The van der Waals surface area contributed by atoms with E-state index in [1.807, 2.05) is 17.0 Å². The van der Waals surface area contributed by atoms with E-state index in [0.717, 1.165) is 19.4 Å². The van der Waals surface area contributed by atoms with Gasteiger partial charge in [-0.15, -0.1) is 0 Å². The van der Waals surface area contributed by atoms with E-state index >= 15 is 0 Å². The Bertz CT molecular complexity index is 515. The van der Waals surface area contributed by atoms with Gasteiger partial charge in [-0.1, -0.05) is 12.1 Å². The summed E-state index contributed by atoms with van der Waals surface area (Å²) >= 11 is 0. The molecule has 1 aliphatic heterocycles. The zero-order valence-corrected chi connectivity index (χ0v) is 12.2. The Morgan fingerprint density at radius 1 is 1.38 bits per heavy atom. The third-order valence-electron chi connectivity index (χ3n) is 3.91. The second kappa shape index (κ2) is 7.11. The summed E-state index contributed by atoms with van der Waals surface area (Å²) in [7, 11) is 1.55. The Morgan fingerprint density at radius 3 is 2.86 bits per heavy atom. The van der Waals surface area contributed by atoms with Gasteiger partial charge in [0.15, 0.2) is 0 Å². The summed E-state index contributed by atoms with van der Waals surface area (Å²) in [5.74, 6) is 0.0410. The minimum atomic E-state index is -0.775. The van der Waals surface area contributed by atoms with Gasteiger partial charge in [0.05, 0.1) is 12.7 Å². The van der Waals surface area contributed by atoms with Crippen LogP contribution in [-0.4, -0.2) is 42.1 Å². The number of hydrogen-bond acceptors (Lipinski definition) is 3. The minimum absolute atomic E-state index is 0.0347. The Morgan fingerprint density at radius 2 is 2.14 bits per heavy atom. The molecule has 5 nitrogen and oxygen atoms in total. The summed E-state index contributed by atoms with van der Waals surface area (Å²) in [6.07, 6.45) is 2.71. The molecule has 0 saturated carbocycles. The molecule has 21 heavy (non-hydrogen) atoms. The van der Waals surface area contributed by atoms with Gasteiger partial charge in [-0.2, -0.15) is 0 Å². The number of carboxylic acid groups (broad SMARTS) is 1. The number of carboxylic acids is 1. The first-order chi connectivity index (χ1) is 10.1. The molecule has 0 unspecified atom stereocenters. The van der Waals surface area contributed by atoms with Crippen molar-refractivity contribution < 1.29 is 19.4 Å². The van der Waals surface area contributed by atoms with Gasteiger partial charge in [-0.05, 0) is 37.3 Å². The van der Waals surface area contributed by atoms with Crippen LogP contribution in [0, 0.1) is 5.92 Å². The summed E-state index contributed by atoms with van der Waals surface area (Å²) < 4.78 is 5.24. The number of piperidine rings is 1. The number of nitrogens with zero attached hydrogens (tertiary/aromatic N) is 1. The van der Waals surface area contributed by atoms with Gasteiger partial charge in [0.2, 0.25) is 0 Å². The molecule has 1 amide bonds. The van der Waals surface area contributed by atoms with E-state index in [4.69, 9.17) is 9.84 Å². The van der Waals surface area contributed by atoms with Crippen molar-refractivity contribution in [2.45, 2.75) is 25.7 Å². The van der Waals surface area contributed by atoms with E-state index in [9.17, 15) is 9.59 Å². The number of hydrogen-bond donors (Lipinski definition) is 1. The fraction of sp³-hybridized carbons (Fsp3) is 0.500. The van der Waals surface area contributed by atoms with Gasteiger partial charge >= 0.3 is 5.97 Å². The molecular weight excluding hydrogens is 270 g/mol. The molecule has 114 valence electrons. The monoisotopic (exact) mass is 291 g/mol. The van der Waals surface area contributed by atoms with Crippen LogP contribution in [0.1, 0.15) is 36.0 Å². The highest BCUT2D eigenvalue weighted by Gasteiger charge is 2.26. The van der Waals surface area contributed by atoms with Gasteiger partial charge < -0.3 is 14.7 Å². The van der Waals surface area contributed by atoms with Crippen molar-refractivity contribution >= 4 is 11.9 Å². The molecular formula is C16H21NO4. The van der Waals surface area contributed by atoms with Crippen LogP contribution in [0.5, 0.6) is 5.75 Å². The quantitative estimate of drug-likeness (QED) is 0.904. The van der Waals surface area contributed by atoms with Crippen molar-refractivity contribution in [2.75, 3.05) is 20.2 Å². The number of para-hydroxylation sites is 1. The fourth-order valence-electron chi connectivity index (χ4n) is 2.80. The van der Waals surface area contributed by atoms with Gasteiger partial charge in [0.1, 0.15) is 5.75 Å². The zero-order chi connectivity index (χ0) is 15.2. The molecule has 1 saturated heterocycles. The van der Waals surface area contributed by atoms with Crippen molar-refractivity contribution in [1.82, 2.24) is 4.90 Å². The maximum absolute atomic E-state index is 12.6. The number of methoxy groups -OCH3 is 1. The van der Waals surface area contributed by atoms with Crippen LogP contribution >= 0.6 is 0 Å². The Kier molecular flexibility index (Phi) is 5.20. The SMILES string of the molecule is COc1ccccc1C(=O)N1CCC[C@@H](CCC(=O)O)C1. The molecule has 1 aromatic rings.